The number of piperidine rings is 1. The minimum absolute atomic E-state index is 0.848. The molecule has 1 heterocycles. The second-order valence-corrected chi connectivity index (χ2v) is 6.34. The summed E-state index contributed by atoms with van der Waals surface area (Å²) in [5, 5.41) is 3.50. The Labute approximate surface area is 107 Å². The molecule has 2 nitrogen and oxygen atoms in total. The number of hydrogen-bond acceptors (Lipinski definition) is 2. The van der Waals surface area contributed by atoms with Crippen molar-refractivity contribution in [1.82, 2.24) is 10.2 Å². The fourth-order valence-electron chi connectivity index (χ4n) is 3.44. The van der Waals surface area contributed by atoms with Crippen LogP contribution in [0.2, 0.25) is 0 Å². The molecule has 17 heavy (non-hydrogen) atoms. The zero-order chi connectivity index (χ0) is 12.1. The van der Waals surface area contributed by atoms with Gasteiger partial charge in [0, 0.05) is 12.1 Å². The molecule has 1 saturated heterocycles. The Kier molecular flexibility index (Phi) is 5.30. The summed E-state index contributed by atoms with van der Waals surface area (Å²) < 4.78 is 0. The minimum atomic E-state index is 0.848. The molecule has 0 spiro atoms. The van der Waals surface area contributed by atoms with Crippen LogP contribution in [0.3, 0.4) is 0 Å². The first-order valence-electron chi connectivity index (χ1n) is 7.74. The van der Waals surface area contributed by atoms with Gasteiger partial charge in [-0.3, -0.25) is 4.90 Å². The molecule has 2 rings (SSSR count). The summed E-state index contributed by atoms with van der Waals surface area (Å²) in [6.45, 7) is 8.52. The first-order chi connectivity index (χ1) is 8.27. The maximum Gasteiger partial charge on any atom is 0.0122 e. The monoisotopic (exact) mass is 238 g/mol. The molecule has 2 fully saturated rings. The predicted octanol–water partition coefficient (Wildman–Crippen LogP) is 3.03. The molecule has 2 aliphatic rings. The molecule has 1 N–H and O–H groups in total. The lowest BCUT2D eigenvalue weighted by atomic mass is 10.00. The van der Waals surface area contributed by atoms with E-state index < -0.39 is 0 Å². The molecule has 1 saturated carbocycles. The molecule has 0 unspecified atom stereocenters. The standard InChI is InChI=1S/C15H30N2/c1-13(2)9-12-17(14-5-3-4-6-14)15-7-10-16-11-8-15/h13-16H,3-12H2,1-2H3. The Morgan fingerprint density at radius 3 is 2.18 bits per heavy atom. The maximum absolute atomic E-state index is 3.50. The van der Waals surface area contributed by atoms with Gasteiger partial charge in [0.2, 0.25) is 0 Å². The van der Waals surface area contributed by atoms with Gasteiger partial charge in [0.1, 0.15) is 0 Å². The molecule has 100 valence electrons. The van der Waals surface area contributed by atoms with E-state index in [4.69, 9.17) is 0 Å². The predicted molar refractivity (Wildman–Crippen MR) is 74.3 cm³/mol. The van der Waals surface area contributed by atoms with Gasteiger partial charge in [-0.2, -0.15) is 0 Å². The van der Waals surface area contributed by atoms with Crippen molar-refractivity contribution < 1.29 is 0 Å². The number of rotatable bonds is 5. The van der Waals surface area contributed by atoms with Gasteiger partial charge in [-0.15, -0.1) is 0 Å². The Morgan fingerprint density at radius 2 is 1.59 bits per heavy atom. The highest BCUT2D eigenvalue weighted by atomic mass is 15.2. The van der Waals surface area contributed by atoms with Gasteiger partial charge in [0.05, 0.1) is 0 Å². The van der Waals surface area contributed by atoms with Crippen molar-refractivity contribution in [2.24, 2.45) is 5.92 Å². The highest BCUT2D eigenvalue weighted by Gasteiger charge is 2.29. The lowest BCUT2D eigenvalue weighted by Gasteiger charge is -2.39. The van der Waals surface area contributed by atoms with Crippen LogP contribution in [0.1, 0.15) is 58.8 Å². The number of nitrogens with one attached hydrogen (secondary N) is 1. The maximum atomic E-state index is 3.50. The van der Waals surface area contributed by atoms with Crippen molar-refractivity contribution in [3.63, 3.8) is 0 Å². The quantitative estimate of drug-likeness (QED) is 0.792. The van der Waals surface area contributed by atoms with E-state index in [1.54, 1.807) is 0 Å². The zero-order valence-corrected chi connectivity index (χ0v) is 11.8. The topological polar surface area (TPSA) is 15.3 Å². The van der Waals surface area contributed by atoms with Crippen molar-refractivity contribution >= 4 is 0 Å². The molecule has 0 radical (unpaired) electrons. The van der Waals surface area contributed by atoms with E-state index in [1.807, 2.05) is 0 Å². The second-order valence-electron chi connectivity index (χ2n) is 6.34. The van der Waals surface area contributed by atoms with Crippen molar-refractivity contribution in [2.75, 3.05) is 19.6 Å². The molecule has 2 heteroatoms. The van der Waals surface area contributed by atoms with Crippen LogP contribution >= 0.6 is 0 Å². The molecule has 1 aliphatic heterocycles. The largest absolute Gasteiger partial charge is 0.317 e. The highest BCUT2D eigenvalue weighted by Crippen LogP contribution is 2.28. The Bertz CT molecular complexity index is 203. The molecule has 0 aromatic rings. The van der Waals surface area contributed by atoms with E-state index in [0.29, 0.717) is 0 Å². The summed E-state index contributed by atoms with van der Waals surface area (Å²) in [6, 6.07) is 1.79. The van der Waals surface area contributed by atoms with E-state index in [2.05, 4.69) is 24.1 Å². The van der Waals surface area contributed by atoms with Crippen molar-refractivity contribution in [3.8, 4) is 0 Å². The summed E-state index contributed by atoms with van der Waals surface area (Å²) in [5.41, 5.74) is 0. The average Bonchev–Trinajstić information content (AvgIpc) is 2.84. The van der Waals surface area contributed by atoms with E-state index >= 15 is 0 Å². The normalized spacial score (nSPS) is 24.0. The molecule has 0 aromatic heterocycles. The van der Waals surface area contributed by atoms with Crippen LogP contribution in [0.4, 0.5) is 0 Å². The number of nitrogens with zero attached hydrogens (tertiary/aromatic N) is 1. The lowest BCUT2D eigenvalue weighted by Crippen LogP contribution is -2.47. The van der Waals surface area contributed by atoms with Crippen molar-refractivity contribution in [1.29, 1.82) is 0 Å². The molecule has 1 aliphatic carbocycles. The van der Waals surface area contributed by atoms with Crippen molar-refractivity contribution in [3.05, 3.63) is 0 Å². The molecular weight excluding hydrogens is 208 g/mol. The van der Waals surface area contributed by atoms with E-state index in [0.717, 1.165) is 18.0 Å². The molecular formula is C15H30N2. The average molecular weight is 238 g/mol. The van der Waals surface area contributed by atoms with Gasteiger partial charge in [-0.25, -0.2) is 0 Å². The van der Waals surface area contributed by atoms with Crippen LogP contribution in [0, 0.1) is 5.92 Å². The summed E-state index contributed by atoms with van der Waals surface area (Å²) >= 11 is 0. The Balaban J connectivity index is 1.89. The Morgan fingerprint density at radius 1 is 1.00 bits per heavy atom. The third kappa shape index (κ3) is 3.96. The summed E-state index contributed by atoms with van der Waals surface area (Å²) in [7, 11) is 0. The summed E-state index contributed by atoms with van der Waals surface area (Å²) in [4.78, 5) is 2.88. The Hall–Kier alpha value is -0.0800. The fourth-order valence-corrected chi connectivity index (χ4v) is 3.44. The first kappa shape index (κ1) is 13.4. The van der Waals surface area contributed by atoms with E-state index in [9.17, 15) is 0 Å². The van der Waals surface area contributed by atoms with Crippen LogP contribution in [0.15, 0.2) is 0 Å². The summed E-state index contributed by atoms with van der Waals surface area (Å²) in [5.74, 6) is 0.848. The first-order valence-corrected chi connectivity index (χ1v) is 7.74. The summed E-state index contributed by atoms with van der Waals surface area (Å²) in [6.07, 6.45) is 9.97. The molecule has 0 bridgehead atoms. The third-order valence-electron chi connectivity index (χ3n) is 4.54. The van der Waals surface area contributed by atoms with Gasteiger partial charge in [-0.1, -0.05) is 26.7 Å². The van der Waals surface area contributed by atoms with Gasteiger partial charge < -0.3 is 5.32 Å². The van der Waals surface area contributed by atoms with Gasteiger partial charge >= 0.3 is 0 Å². The number of hydrogen-bond donors (Lipinski definition) is 1. The van der Waals surface area contributed by atoms with Gasteiger partial charge in [0.15, 0.2) is 0 Å². The van der Waals surface area contributed by atoms with Crippen LogP contribution in [0.5, 0.6) is 0 Å². The van der Waals surface area contributed by atoms with Crippen molar-refractivity contribution in [2.45, 2.75) is 70.9 Å². The molecule has 0 aromatic carbocycles. The second kappa shape index (κ2) is 6.75. The molecule has 0 atom stereocenters. The third-order valence-corrected chi connectivity index (χ3v) is 4.54. The lowest BCUT2D eigenvalue weighted by molar-refractivity contribution is 0.104. The van der Waals surface area contributed by atoms with E-state index in [1.165, 1.54) is 64.6 Å². The van der Waals surface area contributed by atoms with Crippen LogP contribution < -0.4 is 5.32 Å². The van der Waals surface area contributed by atoms with Gasteiger partial charge in [0.25, 0.3) is 0 Å². The zero-order valence-electron chi connectivity index (χ0n) is 11.8. The fraction of sp³-hybridized carbons (Fsp3) is 1.00. The van der Waals surface area contributed by atoms with Crippen LogP contribution in [0.25, 0.3) is 0 Å². The van der Waals surface area contributed by atoms with E-state index in [-0.39, 0.29) is 0 Å². The SMILES string of the molecule is CC(C)CCN(C1CCCC1)C1CCNCC1. The van der Waals surface area contributed by atoms with Crippen LogP contribution in [-0.4, -0.2) is 36.6 Å². The van der Waals surface area contributed by atoms with Crippen LogP contribution in [-0.2, 0) is 0 Å². The molecule has 0 amide bonds. The highest BCUT2D eigenvalue weighted by molar-refractivity contribution is 4.85. The van der Waals surface area contributed by atoms with Gasteiger partial charge in [-0.05, 0) is 57.7 Å². The smallest absolute Gasteiger partial charge is 0.0122 e. The minimum Gasteiger partial charge on any atom is -0.317 e.